The highest BCUT2D eigenvalue weighted by Gasteiger charge is 2.80. The first kappa shape index (κ1) is 37.1. The van der Waals surface area contributed by atoms with Crippen LogP contribution in [0.15, 0.2) is 48.5 Å². The van der Waals surface area contributed by atoms with Crippen molar-refractivity contribution in [3.63, 3.8) is 0 Å². The van der Waals surface area contributed by atoms with Gasteiger partial charge < -0.3 is 36.2 Å². The summed E-state index contributed by atoms with van der Waals surface area (Å²) >= 11 is 1.07. The first-order chi connectivity index (χ1) is 23.5. The number of ether oxygens (including phenoxy) is 1. The first-order valence-electron chi connectivity index (χ1n) is 14.9. The molecule has 7 N–H and O–H groups in total. The number of nitrogens with zero attached hydrogens (tertiary/aromatic N) is 2. The Labute approximate surface area is 287 Å². The van der Waals surface area contributed by atoms with Crippen molar-refractivity contribution < 1.29 is 58.0 Å². The zero-order chi connectivity index (χ0) is 37.0. The Morgan fingerprint density at radius 2 is 1.70 bits per heavy atom. The molecule has 0 saturated carbocycles. The number of β-lactam (4-membered cyclic amide) rings is 1. The molecule has 19 nitrogen and oxygen atoms in total. The molecule has 0 aromatic heterocycles. The second kappa shape index (κ2) is 14.8. The number of fused-ring (bicyclic) bond motifs is 1. The van der Waals surface area contributed by atoms with Crippen molar-refractivity contribution in [2.75, 3.05) is 7.05 Å². The number of non-ortho nitro benzene ring substituents is 1. The summed E-state index contributed by atoms with van der Waals surface area (Å²) in [5.41, 5.74) is 2.75. The van der Waals surface area contributed by atoms with Crippen LogP contribution in [0.3, 0.4) is 0 Å². The molecule has 2 saturated heterocycles. The van der Waals surface area contributed by atoms with E-state index in [1.807, 2.05) is 0 Å². The lowest BCUT2D eigenvalue weighted by Gasteiger charge is -2.49. The van der Waals surface area contributed by atoms with Gasteiger partial charge in [-0.1, -0.05) is 23.9 Å². The number of carboxylic acids is 1. The van der Waals surface area contributed by atoms with Gasteiger partial charge >= 0.3 is 18.0 Å². The van der Waals surface area contributed by atoms with E-state index in [9.17, 15) is 53.9 Å². The molecule has 3 unspecified atom stereocenters. The van der Waals surface area contributed by atoms with Gasteiger partial charge in [-0.15, -0.1) is 4.59 Å². The number of hydrogen-bond acceptors (Lipinski definition) is 12. The lowest BCUT2D eigenvalue weighted by Crippen LogP contribution is -2.87. The fourth-order valence-electron chi connectivity index (χ4n) is 5.80. The average Bonchev–Trinajstić information content (AvgIpc) is 3.28. The summed E-state index contributed by atoms with van der Waals surface area (Å²) in [6, 6.07) is 4.15. The molecule has 6 amide bonds. The zero-order valence-corrected chi connectivity index (χ0v) is 27.6. The number of rotatable bonds is 14. The molecule has 2 aromatic rings. The number of carboxylic acid groups (broad SMARTS) is 1. The number of quaternary nitrogens is 1. The van der Waals surface area contributed by atoms with Crippen molar-refractivity contribution in [3.05, 3.63) is 69.8 Å². The molecule has 50 heavy (non-hydrogen) atoms. The molecule has 2 fully saturated rings. The van der Waals surface area contributed by atoms with Crippen LogP contribution in [-0.2, 0) is 40.1 Å². The molecule has 0 radical (unpaired) electrons. The molecule has 2 heterocycles. The third kappa shape index (κ3) is 7.44. The molecule has 0 bridgehead atoms. The molecule has 20 heteroatoms. The van der Waals surface area contributed by atoms with Gasteiger partial charge in [0.15, 0.2) is 0 Å². The van der Waals surface area contributed by atoms with E-state index in [0.717, 1.165) is 11.8 Å². The van der Waals surface area contributed by atoms with E-state index in [2.05, 4.69) is 26.7 Å². The summed E-state index contributed by atoms with van der Waals surface area (Å²) in [5, 5.41) is 39.3. The second-order valence-electron chi connectivity index (χ2n) is 11.8. The summed E-state index contributed by atoms with van der Waals surface area (Å²) in [6.45, 7) is 2.78. The van der Waals surface area contributed by atoms with Gasteiger partial charge in [0, 0.05) is 19.2 Å². The summed E-state index contributed by atoms with van der Waals surface area (Å²) in [6.07, 6.45) is -1.49. The summed E-state index contributed by atoms with van der Waals surface area (Å²) in [4.78, 5) is 100. The molecule has 266 valence electrons. The van der Waals surface area contributed by atoms with Crippen LogP contribution < -0.4 is 26.7 Å². The molecule has 6 atom stereocenters. The number of carbonyl (C=O) groups excluding carboxylic acids is 6. The number of aromatic hydroxyl groups is 1. The van der Waals surface area contributed by atoms with Gasteiger partial charge in [-0.3, -0.25) is 29.3 Å². The van der Waals surface area contributed by atoms with Crippen molar-refractivity contribution in [3.8, 4) is 5.75 Å². The van der Waals surface area contributed by atoms with Crippen LogP contribution in [0.4, 0.5) is 10.5 Å². The van der Waals surface area contributed by atoms with Crippen LogP contribution >= 0.6 is 11.8 Å². The number of nitro benzene ring substituents is 1. The number of thioether (sulfide) groups is 1. The van der Waals surface area contributed by atoms with Crippen molar-refractivity contribution in [1.82, 2.24) is 26.7 Å². The average molecular weight is 717 g/mol. The quantitative estimate of drug-likeness (QED) is 0.0435. The van der Waals surface area contributed by atoms with E-state index in [4.69, 9.17) is 4.74 Å². The standard InChI is InChI=1S/C30H33N7O12S/c1-30(2)23(28(44)45)37(26(43)22(32-14-38)27(37)50-30)35-25(42)21(16-6-10-18(39)11-7-16)34-24(41)19(12-20(40)31-3)33-29(46)49-13-15-4-8-17(9-5-15)36(47)48/h4-11,14,19,21-23,27H,12-13H2,1-3H3,(H6-,31,32,33,34,35,38,39,40,41,42,44,45,46)/p+1/t19?,21?,22-,23+,27-,37?/m1/s1. The van der Waals surface area contributed by atoms with E-state index in [1.165, 1.54) is 55.6 Å². The predicted octanol–water partition coefficient (Wildman–Crippen LogP) is -0.304. The topological polar surface area (TPSA) is 272 Å². The van der Waals surface area contributed by atoms with Gasteiger partial charge in [0.1, 0.15) is 24.4 Å². The van der Waals surface area contributed by atoms with Gasteiger partial charge in [-0.05, 0) is 49.2 Å². The fraction of sp³-hybridized carbons (Fsp3) is 0.367. The summed E-state index contributed by atoms with van der Waals surface area (Å²) in [7, 11) is 1.28. The third-order valence-electron chi connectivity index (χ3n) is 8.15. The van der Waals surface area contributed by atoms with Crippen molar-refractivity contribution in [2.45, 2.75) is 61.2 Å². The Hall–Kier alpha value is -5.76. The zero-order valence-electron chi connectivity index (χ0n) is 26.8. The minimum absolute atomic E-state index is 0.0661. The Kier molecular flexibility index (Phi) is 11.0. The lowest BCUT2D eigenvalue weighted by atomic mass is 9.93. The van der Waals surface area contributed by atoms with Crippen LogP contribution in [0.25, 0.3) is 0 Å². The normalized spacial score (nSPS) is 22.7. The largest absolute Gasteiger partial charge is 0.508 e. The monoisotopic (exact) mass is 716 g/mol. The lowest BCUT2D eigenvalue weighted by molar-refractivity contribution is -0.937. The maximum atomic E-state index is 14.1. The number of hydrogen-bond donors (Lipinski definition) is 7. The number of phenols is 1. The van der Waals surface area contributed by atoms with Gasteiger partial charge in [0.25, 0.3) is 11.6 Å². The van der Waals surface area contributed by atoms with Crippen LogP contribution in [0.2, 0.25) is 0 Å². The highest BCUT2D eigenvalue weighted by Crippen LogP contribution is 2.55. The molecule has 0 aliphatic carbocycles. The molecule has 2 aliphatic rings. The van der Waals surface area contributed by atoms with E-state index < -0.39 is 85.9 Å². The summed E-state index contributed by atoms with van der Waals surface area (Å²) in [5.74, 6) is -5.22. The number of benzene rings is 2. The maximum absolute atomic E-state index is 14.1. The highest BCUT2D eigenvalue weighted by molar-refractivity contribution is 8.01. The van der Waals surface area contributed by atoms with Gasteiger partial charge in [0.2, 0.25) is 35.7 Å². The third-order valence-corrected chi connectivity index (χ3v) is 9.83. The van der Waals surface area contributed by atoms with Crippen molar-refractivity contribution in [2.24, 2.45) is 0 Å². The number of nitro groups is 1. The van der Waals surface area contributed by atoms with E-state index >= 15 is 0 Å². The fourth-order valence-corrected chi connectivity index (χ4v) is 7.60. The second-order valence-corrected chi connectivity index (χ2v) is 13.6. The smallest absolute Gasteiger partial charge is 0.408 e. The number of carbonyl (C=O) groups is 7. The number of amides is 6. The molecule has 0 spiro atoms. The number of phenolic OH excluding ortho intramolecular Hbond substituents is 1. The Morgan fingerprint density at radius 3 is 2.26 bits per heavy atom. The van der Waals surface area contributed by atoms with E-state index in [-0.39, 0.29) is 30.0 Å². The first-order valence-corrected chi connectivity index (χ1v) is 15.8. The molecule has 2 aliphatic heterocycles. The minimum atomic E-state index is -1.67. The summed E-state index contributed by atoms with van der Waals surface area (Å²) < 4.78 is 2.92. The maximum Gasteiger partial charge on any atom is 0.408 e. The minimum Gasteiger partial charge on any atom is -0.508 e. The molecule has 2 aromatic carbocycles. The number of alkyl carbamates (subject to hydrolysis) is 1. The Morgan fingerprint density at radius 1 is 1.06 bits per heavy atom. The molecule has 4 rings (SSSR count). The van der Waals surface area contributed by atoms with Crippen molar-refractivity contribution >= 4 is 59.6 Å². The van der Waals surface area contributed by atoms with Crippen LogP contribution in [0, 0.1) is 10.1 Å². The Bertz CT molecular complexity index is 1700. The van der Waals surface area contributed by atoms with Crippen molar-refractivity contribution in [1.29, 1.82) is 0 Å². The van der Waals surface area contributed by atoms with Gasteiger partial charge in [-0.25, -0.2) is 14.4 Å². The van der Waals surface area contributed by atoms with Crippen LogP contribution in [-0.4, -0.2) is 97.1 Å². The predicted molar refractivity (Wildman–Crippen MR) is 171 cm³/mol. The van der Waals surface area contributed by atoms with Crippen LogP contribution in [0.1, 0.15) is 37.4 Å². The van der Waals surface area contributed by atoms with Gasteiger partial charge in [-0.2, -0.15) is 5.43 Å². The highest BCUT2D eigenvalue weighted by atomic mass is 32.2. The van der Waals surface area contributed by atoms with Crippen LogP contribution in [0.5, 0.6) is 5.75 Å². The number of aliphatic carboxylic acids is 1. The van der Waals surface area contributed by atoms with E-state index in [0.29, 0.717) is 5.56 Å². The Balaban J connectivity index is 1.59. The number of nitrogens with one attached hydrogen (secondary N) is 5. The SMILES string of the molecule is CNC(=O)CC(NC(=O)OCc1ccc([N+](=O)[O-])cc1)C(=O)NC(C(=O)N[N+]12C(=O)[C@@H](NC=O)[C@H]1SC(C)(C)[C@@H]2C(=O)O)c1ccc(O)cc1. The van der Waals surface area contributed by atoms with Gasteiger partial charge in [0.05, 0.1) is 16.1 Å². The molecular formula is C30H34N7O12S+. The molecular weight excluding hydrogens is 682 g/mol. The van der Waals surface area contributed by atoms with E-state index in [1.54, 1.807) is 13.8 Å².